The molecule has 13 nitrogen and oxygen atoms in total. The zero-order valence-electron chi connectivity index (χ0n) is 22.7. The molecule has 0 aromatic heterocycles. The van der Waals surface area contributed by atoms with Gasteiger partial charge in [-0.1, -0.05) is 38.1 Å². The lowest BCUT2D eigenvalue weighted by Crippen LogP contribution is -2.58. The molecule has 0 aliphatic heterocycles. The van der Waals surface area contributed by atoms with Gasteiger partial charge < -0.3 is 42.1 Å². The third-order valence-electron chi connectivity index (χ3n) is 6.25. The highest BCUT2D eigenvalue weighted by atomic mass is 16.4. The van der Waals surface area contributed by atoms with Gasteiger partial charge in [0.05, 0.1) is 6.04 Å². The van der Waals surface area contributed by atoms with Gasteiger partial charge in [0.1, 0.15) is 29.6 Å². The topological polar surface area (TPSA) is 228 Å². The summed E-state index contributed by atoms with van der Waals surface area (Å²) < 4.78 is 0. The van der Waals surface area contributed by atoms with E-state index >= 15 is 0 Å². The molecule has 222 valence electrons. The van der Waals surface area contributed by atoms with E-state index in [-0.39, 0.29) is 30.8 Å². The minimum Gasteiger partial charge on any atom is -0.508 e. The smallest absolute Gasteiger partial charge is 0.326 e. The lowest BCUT2D eigenvalue weighted by Gasteiger charge is -2.26. The molecule has 0 spiro atoms. The second-order valence-electron chi connectivity index (χ2n) is 9.97. The molecule has 0 fully saturated rings. The van der Waals surface area contributed by atoms with Gasteiger partial charge in [0, 0.05) is 12.8 Å². The molecule has 0 saturated heterocycles. The predicted molar refractivity (Wildman–Crippen MR) is 147 cm³/mol. The molecule has 0 radical (unpaired) electrons. The summed E-state index contributed by atoms with van der Waals surface area (Å²) in [6.07, 6.45) is -0.808. The quantitative estimate of drug-likeness (QED) is 0.145. The molecule has 2 aromatic carbocycles. The maximum atomic E-state index is 13.4. The Morgan fingerprint density at radius 2 is 1.17 bits per heavy atom. The molecular formula is C28H36N4O9. The van der Waals surface area contributed by atoms with Gasteiger partial charge in [0.15, 0.2) is 0 Å². The van der Waals surface area contributed by atoms with Gasteiger partial charge in [-0.2, -0.15) is 0 Å². The van der Waals surface area contributed by atoms with E-state index in [0.29, 0.717) is 11.1 Å². The number of phenolic OH excluding ortho intramolecular Hbond substituents is 2. The standard InChI is InChI=1S/C28H36N4O9/c1-15(2)24(28(40)41)32-26(38)21(11-12-23(35)36)30-27(39)22(14-17-5-9-19(34)10-6-17)31-25(37)20(29)13-16-3-7-18(33)8-4-16/h3-10,15,20-22,24,33-34H,11-14,29H2,1-2H3,(H,30,39)(H,31,37)(H,32,38)(H,35,36)(H,40,41). The van der Waals surface area contributed by atoms with Crippen LogP contribution in [0.25, 0.3) is 0 Å². The first-order valence-electron chi connectivity index (χ1n) is 12.9. The Hall–Kier alpha value is -4.65. The minimum atomic E-state index is -1.41. The van der Waals surface area contributed by atoms with Crippen LogP contribution in [0.2, 0.25) is 0 Å². The summed E-state index contributed by atoms with van der Waals surface area (Å²) in [5.41, 5.74) is 7.28. The van der Waals surface area contributed by atoms with Crippen molar-refractivity contribution < 1.29 is 44.4 Å². The molecule has 0 heterocycles. The van der Waals surface area contributed by atoms with Crippen LogP contribution in [0.15, 0.2) is 48.5 Å². The Morgan fingerprint density at radius 1 is 0.707 bits per heavy atom. The predicted octanol–water partition coefficient (Wildman–Crippen LogP) is 0.270. The SMILES string of the molecule is CC(C)C(NC(=O)C(CCC(=O)O)NC(=O)C(Cc1ccc(O)cc1)NC(=O)C(N)Cc1ccc(O)cc1)C(=O)O. The van der Waals surface area contributed by atoms with E-state index in [0.717, 1.165) is 0 Å². The van der Waals surface area contributed by atoms with Gasteiger partial charge in [-0.05, 0) is 54.2 Å². The number of carboxylic acids is 2. The van der Waals surface area contributed by atoms with Crippen molar-refractivity contribution in [2.45, 2.75) is 63.7 Å². The van der Waals surface area contributed by atoms with Crippen molar-refractivity contribution in [3.63, 3.8) is 0 Å². The van der Waals surface area contributed by atoms with Gasteiger partial charge in [0.25, 0.3) is 0 Å². The molecule has 2 aromatic rings. The first kappa shape index (κ1) is 32.6. The number of benzene rings is 2. The van der Waals surface area contributed by atoms with Gasteiger partial charge in [-0.15, -0.1) is 0 Å². The zero-order valence-corrected chi connectivity index (χ0v) is 22.7. The van der Waals surface area contributed by atoms with Crippen LogP contribution in [0.1, 0.15) is 37.8 Å². The summed E-state index contributed by atoms with van der Waals surface area (Å²) in [7, 11) is 0. The molecule has 4 unspecified atom stereocenters. The zero-order chi connectivity index (χ0) is 30.7. The molecular weight excluding hydrogens is 536 g/mol. The van der Waals surface area contributed by atoms with Crippen LogP contribution in [0.4, 0.5) is 0 Å². The van der Waals surface area contributed by atoms with E-state index in [1.54, 1.807) is 26.0 Å². The molecule has 3 amide bonds. The van der Waals surface area contributed by atoms with Crippen LogP contribution in [-0.2, 0) is 36.8 Å². The summed E-state index contributed by atoms with van der Waals surface area (Å²) in [6, 6.07) is 6.89. The van der Waals surface area contributed by atoms with E-state index in [9.17, 15) is 39.3 Å². The Kier molecular flexibility index (Phi) is 12.1. The third-order valence-corrected chi connectivity index (χ3v) is 6.25. The lowest BCUT2D eigenvalue weighted by atomic mass is 10.0. The highest BCUT2D eigenvalue weighted by molar-refractivity contribution is 5.94. The Morgan fingerprint density at radius 3 is 1.63 bits per heavy atom. The van der Waals surface area contributed by atoms with Crippen molar-refractivity contribution >= 4 is 29.7 Å². The van der Waals surface area contributed by atoms with Crippen LogP contribution in [-0.4, -0.2) is 74.3 Å². The number of carbonyl (C=O) groups excluding carboxylic acids is 3. The number of nitrogens with two attached hydrogens (primary N) is 1. The molecule has 0 saturated carbocycles. The maximum Gasteiger partial charge on any atom is 0.326 e. The van der Waals surface area contributed by atoms with Crippen molar-refractivity contribution in [2.75, 3.05) is 0 Å². The maximum absolute atomic E-state index is 13.4. The summed E-state index contributed by atoms with van der Waals surface area (Å²) in [6.45, 7) is 3.16. The molecule has 0 aliphatic carbocycles. The molecule has 0 aliphatic rings. The summed E-state index contributed by atoms with van der Waals surface area (Å²) in [5, 5.41) is 45.0. The Balaban J connectivity index is 2.26. The first-order chi connectivity index (χ1) is 19.3. The van der Waals surface area contributed by atoms with Crippen LogP contribution in [0, 0.1) is 5.92 Å². The van der Waals surface area contributed by atoms with Crippen LogP contribution in [0.5, 0.6) is 11.5 Å². The van der Waals surface area contributed by atoms with Crippen LogP contribution in [0.3, 0.4) is 0 Å². The Bertz CT molecular complexity index is 1220. The van der Waals surface area contributed by atoms with Crippen LogP contribution >= 0.6 is 0 Å². The number of aromatic hydroxyl groups is 2. The van der Waals surface area contributed by atoms with E-state index in [1.807, 2.05) is 0 Å². The van der Waals surface area contributed by atoms with Crippen LogP contribution < -0.4 is 21.7 Å². The van der Waals surface area contributed by atoms with E-state index in [1.165, 1.54) is 36.4 Å². The summed E-state index contributed by atoms with van der Waals surface area (Å²) in [5.74, 6) is -5.40. The highest BCUT2D eigenvalue weighted by Gasteiger charge is 2.31. The molecule has 13 heteroatoms. The molecule has 4 atom stereocenters. The second-order valence-corrected chi connectivity index (χ2v) is 9.97. The third kappa shape index (κ3) is 10.8. The monoisotopic (exact) mass is 572 g/mol. The average Bonchev–Trinajstić information content (AvgIpc) is 2.90. The molecule has 41 heavy (non-hydrogen) atoms. The van der Waals surface area contributed by atoms with Crippen molar-refractivity contribution in [3.8, 4) is 11.5 Å². The average molecular weight is 573 g/mol. The molecule has 9 N–H and O–H groups in total. The normalized spacial score (nSPS) is 13.9. The number of carbonyl (C=O) groups is 5. The number of phenols is 2. The van der Waals surface area contributed by atoms with E-state index in [2.05, 4.69) is 16.0 Å². The van der Waals surface area contributed by atoms with E-state index in [4.69, 9.17) is 10.8 Å². The summed E-state index contributed by atoms with van der Waals surface area (Å²) >= 11 is 0. The largest absolute Gasteiger partial charge is 0.508 e. The second kappa shape index (κ2) is 15.2. The fraction of sp³-hybridized carbons (Fsp3) is 0.393. The highest BCUT2D eigenvalue weighted by Crippen LogP contribution is 2.14. The van der Waals surface area contributed by atoms with Crippen molar-refractivity contribution in [2.24, 2.45) is 11.7 Å². The minimum absolute atomic E-state index is 0.0155. The number of nitrogens with one attached hydrogen (secondary N) is 3. The summed E-state index contributed by atoms with van der Waals surface area (Å²) in [4.78, 5) is 62.1. The Labute approximate surface area is 236 Å². The lowest BCUT2D eigenvalue weighted by molar-refractivity contribution is -0.144. The van der Waals surface area contributed by atoms with Crippen molar-refractivity contribution in [1.82, 2.24) is 16.0 Å². The fourth-order valence-corrected chi connectivity index (χ4v) is 3.91. The number of aliphatic carboxylic acids is 2. The van der Waals surface area contributed by atoms with Gasteiger partial charge in [-0.3, -0.25) is 19.2 Å². The number of carboxylic acid groups (broad SMARTS) is 2. The van der Waals surface area contributed by atoms with E-state index < -0.39 is 66.2 Å². The van der Waals surface area contributed by atoms with Gasteiger partial charge in [-0.25, -0.2) is 4.79 Å². The van der Waals surface area contributed by atoms with Crippen molar-refractivity contribution in [3.05, 3.63) is 59.7 Å². The molecule has 0 bridgehead atoms. The number of rotatable bonds is 15. The number of hydrogen-bond acceptors (Lipinski definition) is 8. The number of amides is 3. The van der Waals surface area contributed by atoms with Gasteiger partial charge >= 0.3 is 11.9 Å². The fourth-order valence-electron chi connectivity index (χ4n) is 3.91. The molecule has 2 rings (SSSR count). The van der Waals surface area contributed by atoms with Crippen molar-refractivity contribution in [1.29, 1.82) is 0 Å². The first-order valence-corrected chi connectivity index (χ1v) is 12.9. The van der Waals surface area contributed by atoms with Gasteiger partial charge in [0.2, 0.25) is 17.7 Å². The number of hydrogen-bond donors (Lipinski definition) is 8.